The summed E-state index contributed by atoms with van der Waals surface area (Å²) in [6.07, 6.45) is 5.81. The number of rotatable bonds is 13. The Kier molecular flexibility index (Phi) is 12.1. The average molecular weight is 570 g/mol. The number of carbonyl (C=O) groups is 1. The molecule has 0 atom stereocenters. The Balaban J connectivity index is 1.30. The Labute approximate surface area is 236 Å². The first-order chi connectivity index (χ1) is 17.8. The van der Waals surface area contributed by atoms with Crippen molar-refractivity contribution < 1.29 is 9.53 Å². The minimum absolute atomic E-state index is 0.179. The fraction of sp³-hybridized carbons (Fsp3) is 0.536. The average Bonchev–Trinajstić information content (AvgIpc) is 2.90. The number of halogens is 3. The Bertz CT molecular complexity index is 1030. The van der Waals surface area contributed by atoms with Crippen LogP contribution in [0, 0.1) is 5.92 Å². The van der Waals surface area contributed by atoms with E-state index in [4.69, 9.17) is 45.3 Å². The van der Waals surface area contributed by atoms with Gasteiger partial charge in [0, 0.05) is 19.2 Å². The number of ether oxygens (including phenoxy) is 1. The minimum Gasteiger partial charge on any atom is -0.496 e. The molecule has 9 heteroatoms. The van der Waals surface area contributed by atoms with Crippen molar-refractivity contribution in [3.63, 3.8) is 0 Å². The van der Waals surface area contributed by atoms with Gasteiger partial charge in [0.2, 0.25) is 0 Å². The summed E-state index contributed by atoms with van der Waals surface area (Å²) in [4.78, 5) is 17.7. The Morgan fingerprint density at radius 3 is 2.51 bits per heavy atom. The van der Waals surface area contributed by atoms with E-state index < -0.39 is 0 Å². The van der Waals surface area contributed by atoms with Gasteiger partial charge in [0.25, 0.3) is 5.91 Å². The zero-order valence-electron chi connectivity index (χ0n) is 21.9. The van der Waals surface area contributed by atoms with Crippen LogP contribution in [0.2, 0.25) is 15.1 Å². The number of nitrogen functional groups attached to an aromatic ring is 1. The van der Waals surface area contributed by atoms with Crippen LogP contribution in [0.3, 0.4) is 0 Å². The van der Waals surface area contributed by atoms with E-state index in [1.165, 1.54) is 31.9 Å². The third-order valence-electron chi connectivity index (χ3n) is 7.11. The molecule has 6 nitrogen and oxygen atoms in total. The molecule has 0 aromatic heterocycles. The predicted octanol–water partition coefficient (Wildman–Crippen LogP) is 6.37. The molecule has 37 heavy (non-hydrogen) atoms. The van der Waals surface area contributed by atoms with Crippen molar-refractivity contribution in [1.82, 2.24) is 15.1 Å². The summed E-state index contributed by atoms with van der Waals surface area (Å²) in [5.74, 6) is 0.738. The second kappa shape index (κ2) is 15.0. The first-order valence-electron chi connectivity index (χ1n) is 13.1. The molecule has 1 amide bonds. The molecule has 1 heterocycles. The number of hydrogen-bond donors (Lipinski definition) is 2. The highest BCUT2D eigenvalue weighted by Crippen LogP contribution is 2.29. The summed E-state index contributed by atoms with van der Waals surface area (Å²) in [7, 11) is 1.52. The molecular weight excluding hydrogens is 531 g/mol. The van der Waals surface area contributed by atoms with Gasteiger partial charge < -0.3 is 20.7 Å². The van der Waals surface area contributed by atoms with E-state index in [0.29, 0.717) is 44.5 Å². The van der Waals surface area contributed by atoms with E-state index in [2.05, 4.69) is 28.1 Å². The molecule has 1 saturated heterocycles. The molecule has 1 aliphatic rings. The van der Waals surface area contributed by atoms with Crippen molar-refractivity contribution in [3.05, 3.63) is 56.5 Å². The summed E-state index contributed by atoms with van der Waals surface area (Å²) in [6.45, 7) is 9.15. The number of methoxy groups -OCH3 is 1. The van der Waals surface area contributed by atoms with Crippen LogP contribution in [-0.2, 0) is 6.54 Å². The molecule has 0 saturated carbocycles. The largest absolute Gasteiger partial charge is 0.496 e. The number of likely N-dealkylation sites (tertiary alicyclic amines) is 1. The molecule has 2 aromatic rings. The number of nitrogens with two attached hydrogens (primary N) is 1. The summed E-state index contributed by atoms with van der Waals surface area (Å²) < 4.78 is 5.30. The SMILES string of the molecule is CCN(CCCCCN1CCC(CNC(=O)c2cc(Cl)c(N)cc2OC)CC1)Cc1ccc(Cl)c(Cl)c1. The maximum absolute atomic E-state index is 12.7. The van der Waals surface area contributed by atoms with E-state index in [0.717, 1.165) is 52.1 Å². The fourth-order valence-corrected chi connectivity index (χ4v) is 5.24. The van der Waals surface area contributed by atoms with Crippen LogP contribution in [0.1, 0.15) is 54.9 Å². The molecule has 0 aliphatic carbocycles. The first kappa shape index (κ1) is 29.9. The van der Waals surface area contributed by atoms with Gasteiger partial charge in [-0.15, -0.1) is 0 Å². The number of nitrogens with one attached hydrogen (secondary N) is 1. The zero-order chi connectivity index (χ0) is 26.8. The number of nitrogens with zero attached hydrogens (tertiary/aromatic N) is 2. The number of anilines is 1. The van der Waals surface area contributed by atoms with E-state index >= 15 is 0 Å². The molecule has 3 rings (SSSR count). The van der Waals surface area contributed by atoms with Crippen LogP contribution in [0.25, 0.3) is 0 Å². The molecule has 2 aromatic carbocycles. The van der Waals surface area contributed by atoms with Gasteiger partial charge in [-0.2, -0.15) is 0 Å². The van der Waals surface area contributed by atoms with Crippen molar-refractivity contribution >= 4 is 46.4 Å². The molecule has 0 unspecified atom stereocenters. The van der Waals surface area contributed by atoms with E-state index in [1.807, 2.05) is 12.1 Å². The predicted molar refractivity (Wildman–Crippen MR) is 155 cm³/mol. The Morgan fingerprint density at radius 1 is 1.08 bits per heavy atom. The number of unbranched alkanes of at least 4 members (excludes halogenated alkanes) is 2. The van der Waals surface area contributed by atoms with Crippen LogP contribution in [0.15, 0.2) is 30.3 Å². The van der Waals surface area contributed by atoms with Crippen LogP contribution in [-0.4, -0.2) is 62.1 Å². The van der Waals surface area contributed by atoms with E-state index in [1.54, 1.807) is 12.1 Å². The second-order valence-electron chi connectivity index (χ2n) is 9.75. The van der Waals surface area contributed by atoms with Crippen LogP contribution in [0.4, 0.5) is 5.69 Å². The molecule has 0 radical (unpaired) electrons. The van der Waals surface area contributed by atoms with Gasteiger partial charge in [-0.05, 0) is 88.1 Å². The minimum atomic E-state index is -0.179. The monoisotopic (exact) mass is 568 g/mol. The van der Waals surface area contributed by atoms with Crippen molar-refractivity contribution in [2.75, 3.05) is 52.1 Å². The van der Waals surface area contributed by atoms with E-state index in [-0.39, 0.29) is 5.91 Å². The lowest BCUT2D eigenvalue weighted by atomic mass is 9.96. The van der Waals surface area contributed by atoms with Crippen LogP contribution >= 0.6 is 34.8 Å². The highest BCUT2D eigenvalue weighted by atomic mass is 35.5. The Hall–Kier alpha value is -1.70. The smallest absolute Gasteiger partial charge is 0.255 e. The molecular formula is C28H39Cl3N4O2. The number of benzene rings is 2. The number of amides is 1. The van der Waals surface area contributed by atoms with Crippen LogP contribution in [0.5, 0.6) is 5.75 Å². The summed E-state index contributed by atoms with van der Waals surface area (Å²) in [6, 6.07) is 9.05. The summed E-state index contributed by atoms with van der Waals surface area (Å²) in [5.41, 5.74) is 7.83. The highest BCUT2D eigenvalue weighted by molar-refractivity contribution is 6.42. The topological polar surface area (TPSA) is 70.8 Å². The lowest BCUT2D eigenvalue weighted by Gasteiger charge is -2.32. The normalized spacial score (nSPS) is 14.8. The molecule has 3 N–H and O–H groups in total. The number of piperidine rings is 1. The van der Waals surface area contributed by atoms with Gasteiger partial charge in [0.1, 0.15) is 5.75 Å². The number of hydrogen-bond acceptors (Lipinski definition) is 5. The zero-order valence-corrected chi connectivity index (χ0v) is 24.1. The first-order valence-corrected chi connectivity index (χ1v) is 14.2. The van der Waals surface area contributed by atoms with Crippen molar-refractivity contribution in [2.24, 2.45) is 5.92 Å². The molecule has 0 spiro atoms. The molecule has 1 fully saturated rings. The fourth-order valence-electron chi connectivity index (χ4n) is 4.75. The highest BCUT2D eigenvalue weighted by Gasteiger charge is 2.21. The summed E-state index contributed by atoms with van der Waals surface area (Å²) >= 11 is 18.3. The van der Waals surface area contributed by atoms with E-state index in [9.17, 15) is 4.79 Å². The standard InChI is InChI=1S/C28H39Cl3N4O2/c1-3-34(19-21-7-8-23(29)24(30)15-21)11-5-4-6-12-35-13-9-20(10-14-35)18-33-28(36)22-16-25(31)26(32)17-27(22)37-2/h7-8,15-17,20H,3-6,9-14,18-19,32H2,1-2H3,(H,33,36). The van der Waals surface area contributed by atoms with Gasteiger partial charge in [-0.3, -0.25) is 9.69 Å². The van der Waals surface area contributed by atoms with Crippen molar-refractivity contribution in [2.45, 2.75) is 45.6 Å². The number of carbonyl (C=O) groups excluding carboxylic acids is 1. The van der Waals surface area contributed by atoms with Crippen molar-refractivity contribution in [3.8, 4) is 5.75 Å². The Morgan fingerprint density at radius 2 is 1.84 bits per heavy atom. The second-order valence-corrected chi connectivity index (χ2v) is 11.0. The maximum atomic E-state index is 12.7. The maximum Gasteiger partial charge on any atom is 0.255 e. The van der Waals surface area contributed by atoms with Crippen molar-refractivity contribution in [1.29, 1.82) is 0 Å². The summed E-state index contributed by atoms with van der Waals surface area (Å²) in [5, 5.41) is 4.63. The van der Waals surface area contributed by atoms with Gasteiger partial charge in [-0.1, -0.05) is 54.2 Å². The molecule has 0 bridgehead atoms. The van der Waals surface area contributed by atoms with Crippen LogP contribution < -0.4 is 15.8 Å². The van der Waals surface area contributed by atoms with Gasteiger partial charge in [0.05, 0.1) is 33.4 Å². The molecule has 204 valence electrons. The lowest BCUT2D eigenvalue weighted by molar-refractivity contribution is 0.0933. The third-order valence-corrected chi connectivity index (χ3v) is 8.17. The van der Waals surface area contributed by atoms with Gasteiger partial charge >= 0.3 is 0 Å². The van der Waals surface area contributed by atoms with Gasteiger partial charge in [0.15, 0.2) is 0 Å². The lowest BCUT2D eigenvalue weighted by Crippen LogP contribution is -2.39. The van der Waals surface area contributed by atoms with Gasteiger partial charge in [-0.25, -0.2) is 0 Å². The third kappa shape index (κ3) is 9.22. The quantitative estimate of drug-likeness (QED) is 0.217. The molecule has 1 aliphatic heterocycles.